The van der Waals surface area contributed by atoms with E-state index in [1.165, 1.54) is 17.0 Å². The van der Waals surface area contributed by atoms with Crippen LogP contribution in [-0.4, -0.2) is 21.6 Å². The van der Waals surface area contributed by atoms with Crippen LogP contribution in [0.4, 0.5) is 5.82 Å². The fourth-order valence-corrected chi connectivity index (χ4v) is 2.38. The van der Waals surface area contributed by atoms with Crippen molar-refractivity contribution in [3.63, 3.8) is 0 Å². The second-order valence-electron chi connectivity index (χ2n) is 5.64. The van der Waals surface area contributed by atoms with Crippen molar-refractivity contribution in [1.82, 2.24) is 15.1 Å². The molecule has 0 aliphatic carbocycles. The quantitative estimate of drug-likeness (QED) is 0.748. The SMILES string of the molecule is Cc1cccc(CNC(=O)c2cc(NC(=O)c3ccco3)n(C)n2)c1. The highest BCUT2D eigenvalue weighted by atomic mass is 16.3. The predicted molar refractivity (Wildman–Crippen MR) is 92.2 cm³/mol. The van der Waals surface area contributed by atoms with Gasteiger partial charge in [0.25, 0.3) is 11.8 Å². The minimum atomic E-state index is -0.403. The van der Waals surface area contributed by atoms with Gasteiger partial charge in [0.2, 0.25) is 0 Å². The van der Waals surface area contributed by atoms with Crippen molar-refractivity contribution in [1.29, 1.82) is 0 Å². The number of hydrogen-bond donors (Lipinski definition) is 2. The summed E-state index contributed by atoms with van der Waals surface area (Å²) in [6.45, 7) is 2.41. The van der Waals surface area contributed by atoms with Gasteiger partial charge in [0.15, 0.2) is 11.5 Å². The first kappa shape index (κ1) is 16.5. The average molecular weight is 338 g/mol. The molecule has 0 fully saturated rings. The van der Waals surface area contributed by atoms with E-state index >= 15 is 0 Å². The second-order valence-corrected chi connectivity index (χ2v) is 5.64. The Morgan fingerprint density at radius 2 is 2.00 bits per heavy atom. The Labute approximate surface area is 144 Å². The van der Waals surface area contributed by atoms with Crippen LogP contribution in [0.3, 0.4) is 0 Å². The number of carbonyl (C=O) groups excluding carboxylic acids is 2. The maximum Gasteiger partial charge on any atom is 0.292 e. The van der Waals surface area contributed by atoms with E-state index in [9.17, 15) is 9.59 Å². The Bertz CT molecular complexity index is 897. The number of benzene rings is 1. The highest BCUT2D eigenvalue weighted by molar-refractivity contribution is 6.02. The largest absolute Gasteiger partial charge is 0.459 e. The van der Waals surface area contributed by atoms with Crippen LogP contribution in [0.1, 0.15) is 32.2 Å². The van der Waals surface area contributed by atoms with E-state index in [0.717, 1.165) is 11.1 Å². The molecule has 2 heterocycles. The van der Waals surface area contributed by atoms with Crippen LogP contribution < -0.4 is 10.6 Å². The van der Waals surface area contributed by atoms with Gasteiger partial charge in [0, 0.05) is 19.7 Å². The molecule has 3 aromatic rings. The maximum absolute atomic E-state index is 12.3. The van der Waals surface area contributed by atoms with Crippen LogP contribution in [0.15, 0.2) is 53.1 Å². The lowest BCUT2D eigenvalue weighted by atomic mass is 10.1. The molecule has 2 amide bonds. The maximum atomic E-state index is 12.3. The summed E-state index contributed by atoms with van der Waals surface area (Å²) in [6, 6.07) is 12.6. The van der Waals surface area contributed by atoms with Crippen molar-refractivity contribution in [3.8, 4) is 0 Å². The molecular weight excluding hydrogens is 320 g/mol. The number of hydrogen-bond acceptors (Lipinski definition) is 4. The van der Waals surface area contributed by atoms with E-state index in [4.69, 9.17) is 4.42 Å². The third kappa shape index (κ3) is 3.95. The van der Waals surface area contributed by atoms with E-state index < -0.39 is 5.91 Å². The fourth-order valence-electron chi connectivity index (χ4n) is 2.38. The predicted octanol–water partition coefficient (Wildman–Crippen LogP) is 2.50. The highest BCUT2D eigenvalue weighted by Gasteiger charge is 2.16. The fraction of sp³-hybridized carbons (Fsp3) is 0.167. The number of nitrogens with zero attached hydrogens (tertiary/aromatic N) is 2. The first-order valence-electron chi connectivity index (χ1n) is 7.75. The molecule has 0 saturated heterocycles. The van der Waals surface area contributed by atoms with E-state index in [1.807, 2.05) is 31.2 Å². The molecule has 0 aliphatic rings. The van der Waals surface area contributed by atoms with Gasteiger partial charge in [-0.25, -0.2) is 0 Å². The number of amides is 2. The average Bonchev–Trinajstić information content (AvgIpc) is 3.23. The zero-order valence-corrected chi connectivity index (χ0v) is 13.9. The van der Waals surface area contributed by atoms with E-state index in [1.54, 1.807) is 19.2 Å². The summed E-state index contributed by atoms with van der Waals surface area (Å²) in [7, 11) is 1.65. The first-order valence-corrected chi connectivity index (χ1v) is 7.75. The zero-order chi connectivity index (χ0) is 17.8. The number of rotatable bonds is 5. The van der Waals surface area contributed by atoms with Crippen molar-refractivity contribution in [3.05, 3.63) is 71.3 Å². The minimum Gasteiger partial charge on any atom is -0.459 e. The molecular formula is C18H18N4O3. The molecule has 0 bridgehead atoms. The summed E-state index contributed by atoms with van der Waals surface area (Å²) < 4.78 is 6.47. The van der Waals surface area contributed by atoms with Crippen LogP contribution >= 0.6 is 0 Å². The number of nitrogens with one attached hydrogen (secondary N) is 2. The molecule has 7 nitrogen and oxygen atoms in total. The second kappa shape index (κ2) is 7.04. The standard InChI is InChI=1S/C18H18N4O3/c1-12-5-3-6-13(9-12)11-19-17(23)14-10-16(22(2)21-14)20-18(24)15-7-4-8-25-15/h3-10H,11H2,1-2H3,(H,19,23)(H,20,24). The molecule has 0 unspecified atom stereocenters. The molecule has 0 saturated carbocycles. The van der Waals surface area contributed by atoms with Crippen molar-refractivity contribution < 1.29 is 14.0 Å². The minimum absolute atomic E-state index is 0.187. The molecule has 2 N–H and O–H groups in total. The van der Waals surface area contributed by atoms with Gasteiger partial charge in [-0.15, -0.1) is 0 Å². The van der Waals surface area contributed by atoms with Gasteiger partial charge in [-0.05, 0) is 24.6 Å². The van der Waals surface area contributed by atoms with Crippen molar-refractivity contribution >= 4 is 17.6 Å². The lowest BCUT2D eigenvalue weighted by Crippen LogP contribution is -2.23. The summed E-state index contributed by atoms with van der Waals surface area (Å²) in [6.07, 6.45) is 1.42. The molecule has 7 heteroatoms. The topological polar surface area (TPSA) is 89.2 Å². The summed E-state index contributed by atoms with van der Waals surface area (Å²) in [5, 5.41) is 9.61. The van der Waals surface area contributed by atoms with Crippen LogP contribution in [0.2, 0.25) is 0 Å². The van der Waals surface area contributed by atoms with E-state index in [0.29, 0.717) is 12.4 Å². The Balaban J connectivity index is 1.65. The first-order chi connectivity index (χ1) is 12.0. The number of anilines is 1. The number of aryl methyl sites for hydroxylation is 2. The molecule has 0 aliphatic heterocycles. The summed E-state index contributed by atoms with van der Waals surface area (Å²) in [5.41, 5.74) is 2.37. The Morgan fingerprint density at radius 1 is 1.16 bits per heavy atom. The highest BCUT2D eigenvalue weighted by Crippen LogP contribution is 2.12. The summed E-state index contributed by atoms with van der Waals surface area (Å²) >= 11 is 0. The van der Waals surface area contributed by atoms with Crippen LogP contribution in [-0.2, 0) is 13.6 Å². The van der Waals surface area contributed by atoms with Gasteiger partial charge in [-0.2, -0.15) is 5.10 Å². The molecule has 128 valence electrons. The van der Waals surface area contributed by atoms with Gasteiger partial charge >= 0.3 is 0 Å². The lowest BCUT2D eigenvalue weighted by Gasteiger charge is -2.04. The van der Waals surface area contributed by atoms with Crippen molar-refractivity contribution in [2.24, 2.45) is 7.05 Å². The number of furan rings is 1. The molecule has 2 aromatic heterocycles. The lowest BCUT2D eigenvalue weighted by molar-refractivity contribution is 0.0944. The Morgan fingerprint density at radius 3 is 2.72 bits per heavy atom. The van der Waals surface area contributed by atoms with Crippen molar-refractivity contribution in [2.75, 3.05) is 5.32 Å². The van der Waals surface area contributed by atoms with Gasteiger partial charge in [-0.1, -0.05) is 29.8 Å². The third-order valence-electron chi connectivity index (χ3n) is 3.63. The zero-order valence-electron chi connectivity index (χ0n) is 13.9. The molecule has 3 rings (SSSR count). The third-order valence-corrected chi connectivity index (χ3v) is 3.63. The normalized spacial score (nSPS) is 10.5. The van der Waals surface area contributed by atoms with Gasteiger partial charge in [0.1, 0.15) is 5.82 Å². The van der Waals surface area contributed by atoms with Crippen LogP contribution in [0, 0.1) is 6.92 Å². The van der Waals surface area contributed by atoms with Crippen LogP contribution in [0.5, 0.6) is 0 Å². The molecule has 25 heavy (non-hydrogen) atoms. The number of carbonyl (C=O) groups is 2. The molecule has 0 radical (unpaired) electrons. The Kier molecular flexibility index (Phi) is 4.65. The van der Waals surface area contributed by atoms with Gasteiger partial charge in [-0.3, -0.25) is 14.3 Å². The molecule has 1 aromatic carbocycles. The Hall–Kier alpha value is -3.35. The monoisotopic (exact) mass is 338 g/mol. The molecule has 0 spiro atoms. The van der Waals surface area contributed by atoms with Crippen LogP contribution in [0.25, 0.3) is 0 Å². The number of aromatic nitrogens is 2. The smallest absolute Gasteiger partial charge is 0.292 e. The van der Waals surface area contributed by atoms with E-state index in [2.05, 4.69) is 15.7 Å². The summed E-state index contributed by atoms with van der Waals surface area (Å²) in [5.74, 6) is -0.121. The summed E-state index contributed by atoms with van der Waals surface area (Å²) in [4.78, 5) is 24.3. The van der Waals surface area contributed by atoms with Gasteiger partial charge < -0.3 is 15.1 Å². The van der Waals surface area contributed by atoms with E-state index in [-0.39, 0.29) is 17.4 Å². The molecule has 0 atom stereocenters. The van der Waals surface area contributed by atoms with Gasteiger partial charge in [0.05, 0.1) is 6.26 Å². The van der Waals surface area contributed by atoms with Crippen molar-refractivity contribution in [2.45, 2.75) is 13.5 Å².